The highest BCUT2D eigenvalue weighted by atomic mass is 19.1. The summed E-state index contributed by atoms with van der Waals surface area (Å²) in [5.74, 6) is -3.18. The lowest BCUT2D eigenvalue weighted by atomic mass is 9.92. The molecule has 26 heavy (non-hydrogen) atoms. The third-order valence-corrected chi connectivity index (χ3v) is 4.88. The van der Waals surface area contributed by atoms with Crippen molar-refractivity contribution >= 4 is 23.8 Å². The summed E-state index contributed by atoms with van der Waals surface area (Å²) in [6, 6.07) is 4.45. The van der Waals surface area contributed by atoms with Crippen LogP contribution in [-0.2, 0) is 19.9 Å². The van der Waals surface area contributed by atoms with Crippen LogP contribution in [0.1, 0.15) is 18.9 Å². The minimum absolute atomic E-state index is 0.0625. The van der Waals surface area contributed by atoms with Gasteiger partial charge in [0.05, 0.1) is 5.92 Å². The van der Waals surface area contributed by atoms with Crippen LogP contribution in [-0.4, -0.2) is 58.4 Å². The van der Waals surface area contributed by atoms with Crippen molar-refractivity contribution in [2.45, 2.75) is 18.9 Å². The smallest absolute Gasteiger partial charge is 0.325 e. The average molecular weight is 363 g/mol. The number of nitrogens with zero attached hydrogens (tertiary/aromatic N) is 2. The van der Waals surface area contributed by atoms with Gasteiger partial charge >= 0.3 is 12.0 Å². The number of aliphatic carboxylic acids is 1. The van der Waals surface area contributed by atoms with Crippen LogP contribution in [0.25, 0.3) is 0 Å². The first kappa shape index (κ1) is 17.8. The summed E-state index contributed by atoms with van der Waals surface area (Å²) in [5.41, 5.74) is -0.987. The SMILES string of the molecule is CC1(c2ccc(F)cc2)NC(=O)N(CC(=O)N2CCC(C(=O)O)C2)C1=O. The van der Waals surface area contributed by atoms with E-state index >= 15 is 0 Å². The summed E-state index contributed by atoms with van der Waals surface area (Å²) in [6.07, 6.45) is 0.342. The van der Waals surface area contributed by atoms with Crippen LogP contribution in [0.4, 0.5) is 9.18 Å². The number of carbonyl (C=O) groups excluding carboxylic acids is 3. The van der Waals surface area contributed by atoms with Gasteiger partial charge in [0.1, 0.15) is 17.9 Å². The maximum atomic E-state index is 13.1. The van der Waals surface area contributed by atoms with E-state index in [2.05, 4.69) is 5.32 Å². The molecule has 138 valence electrons. The Bertz CT molecular complexity index is 781. The Morgan fingerprint density at radius 2 is 1.96 bits per heavy atom. The van der Waals surface area contributed by atoms with Gasteiger partial charge in [-0.1, -0.05) is 12.1 Å². The quantitative estimate of drug-likeness (QED) is 0.759. The zero-order valence-electron chi connectivity index (χ0n) is 14.1. The van der Waals surface area contributed by atoms with Crippen molar-refractivity contribution < 1.29 is 28.7 Å². The Kier molecular flexibility index (Phi) is 4.39. The number of hydrogen-bond acceptors (Lipinski definition) is 4. The van der Waals surface area contributed by atoms with Crippen molar-refractivity contribution in [3.05, 3.63) is 35.6 Å². The Hall–Kier alpha value is -2.97. The third kappa shape index (κ3) is 3.00. The van der Waals surface area contributed by atoms with Crippen LogP contribution >= 0.6 is 0 Å². The standard InChI is InChI=1S/C17H18FN3O5/c1-17(11-2-4-12(18)5-3-11)15(25)21(16(26)19-17)9-13(22)20-7-6-10(8-20)14(23)24/h2-5,10H,6-9H2,1H3,(H,19,26)(H,23,24). The highest BCUT2D eigenvalue weighted by molar-refractivity contribution is 6.09. The number of nitrogens with one attached hydrogen (secondary N) is 1. The van der Waals surface area contributed by atoms with Gasteiger partial charge in [0, 0.05) is 13.1 Å². The van der Waals surface area contributed by atoms with Gasteiger partial charge in [-0.2, -0.15) is 0 Å². The van der Waals surface area contributed by atoms with Gasteiger partial charge in [-0.05, 0) is 31.0 Å². The maximum Gasteiger partial charge on any atom is 0.325 e. The normalized spacial score (nSPS) is 25.5. The lowest BCUT2D eigenvalue weighted by Gasteiger charge is -2.23. The topological polar surface area (TPSA) is 107 Å². The summed E-state index contributed by atoms with van der Waals surface area (Å²) in [6.45, 7) is 1.36. The van der Waals surface area contributed by atoms with Crippen molar-refractivity contribution in [1.82, 2.24) is 15.1 Å². The van der Waals surface area contributed by atoms with Crippen LogP contribution in [0, 0.1) is 11.7 Å². The lowest BCUT2D eigenvalue weighted by molar-refractivity contribution is -0.142. The molecule has 1 aromatic carbocycles. The van der Waals surface area contributed by atoms with Gasteiger partial charge in [-0.15, -0.1) is 0 Å². The van der Waals surface area contributed by atoms with Gasteiger partial charge in [-0.3, -0.25) is 19.3 Å². The van der Waals surface area contributed by atoms with Gasteiger partial charge in [0.15, 0.2) is 0 Å². The van der Waals surface area contributed by atoms with Gasteiger partial charge in [0.2, 0.25) is 5.91 Å². The highest BCUT2D eigenvalue weighted by Crippen LogP contribution is 2.29. The Balaban J connectivity index is 1.72. The number of benzene rings is 1. The largest absolute Gasteiger partial charge is 0.481 e. The zero-order valence-corrected chi connectivity index (χ0v) is 14.1. The molecule has 2 atom stereocenters. The molecule has 3 rings (SSSR count). The molecule has 2 unspecified atom stereocenters. The first-order chi connectivity index (χ1) is 12.2. The molecule has 9 heteroatoms. The minimum Gasteiger partial charge on any atom is -0.481 e. The molecule has 2 fully saturated rings. The summed E-state index contributed by atoms with van der Waals surface area (Å²) in [4.78, 5) is 50.4. The van der Waals surface area contributed by atoms with Crippen molar-refractivity contribution in [3.8, 4) is 0 Å². The maximum absolute atomic E-state index is 13.1. The van der Waals surface area contributed by atoms with Crippen LogP contribution < -0.4 is 5.32 Å². The number of rotatable bonds is 4. The molecule has 2 saturated heterocycles. The first-order valence-corrected chi connectivity index (χ1v) is 8.13. The molecule has 2 aliphatic heterocycles. The van der Waals surface area contributed by atoms with Crippen molar-refractivity contribution in [2.75, 3.05) is 19.6 Å². The molecule has 0 bridgehead atoms. The van der Waals surface area contributed by atoms with Crippen LogP contribution in [0.3, 0.4) is 0 Å². The molecule has 0 aromatic heterocycles. The average Bonchev–Trinajstić information content (AvgIpc) is 3.16. The fraction of sp³-hybridized carbons (Fsp3) is 0.412. The van der Waals surface area contributed by atoms with Gasteiger partial charge in [-0.25, -0.2) is 9.18 Å². The van der Waals surface area contributed by atoms with Crippen molar-refractivity contribution in [3.63, 3.8) is 0 Å². The number of amides is 4. The number of halogens is 1. The number of likely N-dealkylation sites (tertiary alicyclic amines) is 1. The monoisotopic (exact) mass is 363 g/mol. The number of hydrogen-bond donors (Lipinski definition) is 2. The second kappa shape index (κ2) is 6.40. The predicted octanol–water partition coefficient (Wildman–Crippen LogP) is 0.526. The van der Waals surface area contributed by atoms with E-state index in [1.165, 1.54) is 36.1 Å². The van der Waals surface area contributed by atoms with E-state index in [-0.39, 0.29) is 13.1 Å². The van der Waals surface area contributed by atoms with Crippen molar-refractivity contribution in [2.24, 2.45) is 5.92 Å². The molecule has 8 nitrogen and oxygen atoms in total. The minimum atomic E-state index is -1.39. The summed E-state index contributed by atoms with van der Waals surface area (Å²) in [7, 11) is 0. The van der Waals surface area contributed by atoms with Crippen LogP contribution in [0.2, 0.25) is 0 Å². The molecule has 2 heterocycles. The molecule has 1 aromatic rings. The molecule has 2 N–H and O–H groups in total. The zero-order chi connectivity index (χ0) is 19.1. The summed E-state index contributed by atoms with van der Waals surface area (Å²) >= 11 is 0. The Morgan fingerprint density at radius 3 is 2.54 bits per heavy atom. The van der Waals surface area contributed by atoms with Crippen LogP contribution in [0.5, 0.6) is 0 Å². The van der Waals surface area contributed by atoms with Crippen LogP contribution in [0.15, 0.2) is 24.3 Å². The van der Waals surface area contributed by atoms with Crippen molar-refractivity contribution in [1.29, 1.82) is 0 Å². The number of imide groups is 1. The van der Waals surface area contributed by atoms with E-state index in [1.54, 1.807) is 0 Å². The predicted molar refractivity (Wildman–Crippen MR) is 86.3 cm³/mol. The van der Waals surface area contributed by atoms with E-state index in [0.717, 1.165) is 4.90 Å². The summed E-state index contributed by atoms with van der Waals surface area (Å²) < 4.78 is 13.1. The van der Waals surface area contributed by atoms with E-state index < -0.39 is 47.6 Å². The van der Waals surface area contributed by atoms with Gasteiger partial charge < -0.3 is 15.3 Å². The molecule has 0 saturated carbocycles. The molecular weight excluding hydrogens is 345 g/mol. The van der Waals surface area contributed by atoms with E-state index in [9.17, 15) is 23.6 Å². The molecular formula is C17H18FN3O5. The second-order valence-corrected chi connectivity index (χ2v) is 6.62. The van der Waals surface area contributed by atoms with Gasteiger partial charge in [0.25, 0.3) is 5.91 Å². The number of carboxylic acids is 1. The number of urea groups is 1. The lowest BCUT2D eigenvalue weighted by Crippen LogP contribution is -2.44. The third-order valence-electron chi connectivity index (χ3n) is 4.88. The number of carbonyl (C=O) groups is 4. The Morgan fingerprint density at radius 1 is 1.31 bits per heavy atom. The highest BCUT2D eigenvalue weighted by Gasteiger charge is 2.50. The molecule has 0 radical (unpaired) electrons. The van der Waals surface area contributed by atoms with E-state index in [1.807, 2.05) is 0 Å². The first-order valence-electron chi connectivity index (χ1n) is 8.13. The molecule has 0 aliphatic carbocycles. The molecule has 2 aliphatic rings. The second-order valence-electron chi connectivity index (χ2n) is 6.62. The molecule has 0 spiro atoms. The van der Waals surface area contributed by atoms with E-state index in [0.29, 0.717) is 12.0 Å². The number of carboxylic acid groups (broad SMARTS) is 1. The summed E-state index contributed by atoms with van der Waals surface area (Å²) in [5, 5.41) is 11.5. The molecule has 4 amide bonds. The fourth-order valence-electron chi connectivity index (χ4n) is 3.24. The fourth-order valence-corrected chi connectivity index (χ4v) is 3.24. The van der Waals surface area contributed by atoms with E-state index in [4.69, 9.17) is 5.11 Å². The Labute approximate surface area is 148 Å².